The van der Waals surface area contributed by atoms with Crippen LogP contribution in [0, 0.1) is 11.8 Å². The minimum absolute atomic E-state index is 0.0741. The van der Waals surface area contributed by atoms with Crippen LogP contribution in [0.25, 0.3) is 0 Å². The summed E-state index contributed by atoms with van der Waals surface area (Å²) < 4.78 is 0. The lowest BCUT2D eigenvalue weighted by Gasteiger charge is -2.14. The zero-order valence-corrected chi connectivity index (χ0v) is 6.67. The van der Waals surface area contributed by atoms with Crippen molar-refractivity contribution in [2.45, 2.75) is 13.3 Å². The van der Waals surface area contributed by atoms with E-state index in [1.54, 1.807) is 0 Å². The van der Waals surface area contributed by atoms with Crippen molar-refractivity contribution in [1.29, 1.82) is 0 Å². The Kier molecular flexibility index (Phi) is 2.84. The molecule has 0 saturated carbocycles. The van der Waals surface area contributed by atoms with Crippen LogP contribution >= 0.6 is 0 Å². The second kappa shape index (κ2) is 3.69. The molecule has 1 rings (SSSR count). The molecular weight excluding hydrogens is 144 g/mol. The second-order valence-corrected chi connectivity index (χ2v) is 2.98. The van der Waals surface area contributed by atoms with Gasteiger partial charge in [0, 0.05) is 0 Å². The van der Waals surface area contributed by atoms with Crippen LogP contribution in [0.3, 0.4) is 0 Å². The molecule has 2 atom stereocenters. The molecule has 1 heterocycles. The Morgan fingerprint density at radius 1 is 1.82 bits per heavy atom. The Balaban J connectivity index is 2.39. The SMILES string of the molecule is C[C@H](C(=O)ON)[C@H]1CCNC1. The van der Waals surface area contributed by atoms with Crippen molar-refractivity contribution in [2.24, 2.45) is 17.7 Å². The molecule has 64 valence electrons. The van der Waals surface area contributed by atoms with E-state index in [-0.39, 0.29) is 11.9 Å². The monoisotopic (exact) mass is 158 g/mol. The Labute approximate surface area is 66.0 Å². The lowest BCUT2D eigenvalue weighted by atomic mass is 9.94. The Hall–Kier alpha value is -0.610. The Bertz CT molecular complexity index is 143. The van der Waals surface area contributed by atoms with E-state index < -0.39 is 0 Å². The number of hydrogen-bond acceptors (Lipinski definition) is 4. The van der Waals surface area contributed by atoms with Gasteiger partial charge in [0.05, 0.1) is 5.92 Å². The minimum Gasteiger partial charge on any atom is -0.373 e. The van der Waals surface area contributed by atoms with Gasteiger partial charge in [0.15, 0.2) is 0 Å². The van der Waals surface area contributed by atoms with Crippen LogP contribution in [0.5, 0.6) is 0 Å². The molecule has 0 bridgehead atoms. The van der Waals surface area contributed by atoms with Crippen molar-refractivity contribution in [3.8, 4) is 0 Å². The lowest BCUT2D eigenvalue weighted by Crippen LogP contribution is -2.26. The molecule has 0 spiro atoms. The van der Waals surface area contributed by atoms with Crippen molar-refractivity contribution >= 4 is 5.97 Å². The molecule has 0 aromatic heterocycles. The van der Waals surface area contributed by atoms with Gasteiger partial charge in [-0.2, -0.15) is 5.90 Å². The van der Waals surface area contributed by atoms with Crippen molar-refractivity contribution < 1.29 is 9.63 Å². The van der Waals surface area contributed by atoms with Gasteiger partial charge < -0.3 is 10.2 Å². The van der Waals surface area contributed by atoms with Crippen LogP contribution in [0.15, 0.2) is 0 Å². The molecule has 1 saturated heterocycles. The number of hydrogen-bond donors (Lipinski definition) is 2. The fourth-order valence-corrected chi connectivity index (χ4v) is 1.40. The fraction of sp³-hybridized carbons (Fsp3) is 0.857. The molecule has 0 amide bonds. The standard InChI is InChI=1S/C7H14N2O2/c1-5(7(10)11-8)6-2-3-9-4-6/h5-6,9H,2-4,8H2,1H3/t5-,6-/m0/s1. The second-order valence-electron chi connectivity index (χ2n) is 2.98. The van der Waals surface area contributed by atoms with Crippen LogP contribution in [0.4, 0.5) is 0 Å². The number of nitrogens with two attached hydrogens (primary N) is 1. The predicted molar refractivity (Wildman–Crippen MR) is 40.4 cm³/mol. The van der Waals surface area contributed by atoms with Crippen molar-refractivity contribution in [2.75, 3.05) is 13.1 Å². The van der Waals surface area contributed by atoms with Crippen LogP contribution in [0.2, 0.25) is 0 Å². The third-order valence-electron chi connectivity index (χ3n) is 2.29. The third kappa shape index (κ3) is 1.91. The first-order valence-electron chi connectivity index (χ1n) is 3.87. The minimum atomic E-state index is -0.307. The van der Waals surface area contributed by atoms with Crippen molar-refractivity contribution in [3.05, 3.63) is 0 Å². The molecule has 0 aliphatic carbocycles. The van der Waals surface area contributed by atoms with Gasteiger partial charge in [-0.15, -0.1) is 0 Å². The Morgan fingerprint density at radius 2 is 2.55 bits per heavy atom. The lowest BCUT2D eigenvalue weighted by molar-refractivity contribution is -0.150. The molecule has 1 fully saturated rings. The normalized spacial score (nSPS) is 26.5. The van der Waals surface area contributed by atoms with E-state index in [9.17, 15) is 4.79 Å². The molecule has 4 heteroatoms. The van der Waals surface area contributed by atoms with Gasteiger partial charge in [0.2, 0.25) is 0 Å². The van der Waals surface area contributed by atoms with E-state index in [1.165, 1.54) is 0 Å². The highest BCUT2D eigenvalue weighted by Crippen LogP contribution is 2.18. The smallest absolute Gasteiger partial charge is 0.327 e. The topological polar surface area (TPSA) is 64.3 Å². The fourth-order valence-electron chi connectivity index (χ4n) is 1.40. The van der Waals surface area contributed by atoms with E-state index in [4.69, 9.17) is 5.90 Å². The number of nitrogens with one attached hydrogen (secondary N) is 1. The summed E-state index contributed by atoms with van der Waals surface area (Å²) >= 11 is 0. The van der Waals surface area contributed by atoms with Crippen LogP contribution in [-0.2, 0) is 9.63 Å². The number of carbonyl (C=O) groups is 1. The summed E-state index contributed by atoms with van der Waals surface area (Å²) in [5.41, 5.74) is 0. The van der Waals surface area contributed by atoms with Gasteiger partial charge in [-0.25, -0.2) is 0 Å². The van der Waals surface area contributed by atoms with Gasteiger partial charge >= 0.3 is 5.97 Å². The average molecular weight is 158 g/mol. The summed E-state index contributed by atoms with van der Waals surface area (Å²) in [6, 6.07) is 0. The van der Waals surface area contributed by atoms with E-state index in [2.05, 4.69) is 10.2 Å². The number of rotatable bonds is 2. The van der Waals surface area contributed by atoms with Gasteiger partial charge in [-0.05, 0) is 25.4 Å². The predicted octanol–water partition coefficient (Wildman–Crippen LogP) is -0.351. The third-order valence-corrected chi connectivity index (χ3v) is 2.29. The maximum absolute atomic E-state index is 10.9. The summed E-state index contributed by atoms with van der Waals surface area (Å²) in [5, 5.41) is 3.18. The quantitative estimate of drug-likeness (QED) is 0.539. The van der Waals surface area contributed by atoms with Gasteiger partial charge in [-0.3, -0.25) is 4.79 Å². The van der Waals surface area contributed by atoms with Gasteiger partial charge in [0.1, 0.15) is 0 Å². The molecule has 0 aromatic rings. The highest BCUT2D eigenvalue weighted by atomic mass is 16.7. The van der Waals surface area contributed by atoms with Crippen molar-refractivity contribution in [3.63, 3.8) is 0 Å². The summed E-state index contributed by atoms with van der Waals surface area (Å²) in [4.78, 5) is 15.1. The summed E-state index contributed by atoms with van der Waals surface area (Å²) in [5.74, 6) is 4.78. The molecule has 0 unspecified atom stereocenters. The molecule has 0 aromatic carbocycles. The largest absolute Gasteiger partial charge is 0.373 e. The first kappa shape index (κ1) is 8.49. The average Bonchev–Trinajstić information content (AvgIpc) is 2.53. The van der Waals surface area contributed by atoms with Crippen molar-refractivity contribution in [1.82, 2.24) is 5.32 Å². The van der Waals surface area contributed by atoms with E-state index >= 15 is 0 Å². The summed E-state index contributed by atoms with van der Waals surface area (Å²) in [7, 11) is 0. The summed E-state index contributed by atoms with van der Waals surface area (Å²) in [6.07, 6.45) is 1.04. The van der Waals surface area contributed by atoms with Gasteiger partial charge in [-0.1, -0.05) is 6.92 Å². The maximum atomic E-state index is 10.9. The highest BCUT2D eigenvalue weighted by Gasteiger charge is 2.27. The molecular formula is C7H14N2O2. The first-order chi connectivity index (χ1) is 5.25. The molecule has 11 heavy (non-hydrogen) atoms. The van der Waals surface area contributed by atoms with E-state index in [1.807, 2.05) is 6.92 Å². The Morgan fingerprint density at radius 3 is 3.00 bits per heavy atom. The maximum Gasteiger partial charge on any atom is 0.327 e. The first-order valence-corrected chi connectivity index (χ1v) is 3.87. The molecule has 1 aliphatic rings. The summed E-state index contributed by atoms with van der Waals surface area (Å²) in [6.45, 7) is 3.75. The number of carbonyl (C=O) groups excluding carboxylic acids is 1. The molecule has 1 aliphatic heterocycles. The zero-order valence-electron chi connectivity index (χ0n) is 6.67. The molecule has 4 nitrogen and oxygen atoms in total. The highest BCUT2D eigenvalue weighted by molar-refractivity contribution is 5.72. The van der Waals surface area contributed by atoms with Crippen LogP contribution < -0.4 is 11.2 Å². The van der Waals surface area contributed by atoms with Crippen LogP contribution in [0.1, 0.15) is 13.3 Å². The molecule has 3 N–H and O–H groups in total. The molecule has 0 radical (unpaired) electrons. The van der Waals surface area contributed by atoms with Gasteiger partial charge in [0.25, 0.3) is 0 Å². The van der Waals surface area contributed by atoms with Crippen LogP contribution in [-0.4, -0.2) is 19.1 Å². The zero-order chi connectivity index (χ0) is 8.27. The van der Waals surface area contributed by atoms with E-state index in [0.29, 0.717) is 5.92 Å². The van der Waals surface area contributed by atoms with E-state index in [0.717, 1.165) is 19.5 Å².